The number of thiocarbonyl (C=S) groups is 1. The van der Waals surface area contributed by atoms with E-state index in [0.29, 0.717) is 17.4 Å². The maximum absolute atomic E-state index is 12.3. The largest absolute Gasteiger partial charge is 0.497 e. The van der Waals surface area contributed by atoms with Crippen LogP contribution >= 0.6 is 12.2 Å². The van der Waals surface area contributed by atoms with Crippen molar-refractivity contribution in [3.63, 3.8) is 0 Å². The number of hydrogen-bond donors (Lipinski definition) is 2. The Morgan fingerprint density at radius 2 is 1.96 bits per heavy atom. The molecule has 1 fully saturated rings. The van der Waals surface area contributed by atoms with Gasteiger partial charge in [-0.25, -0.2) is 0 Å². The molecule has 27 heavy (non-hydrogen) atoms. The van der Waals surface area contributed by atoms with Crippen LogP contribution in [-0.2, 0) is 0 Å². The fraction of sp³-hybridized carbons (Fsp3) is 0.333. The molecular formula is C21H25N3O2S. The summed E-state index contributed by atoms with van der Waals surface area (Å²) in [5.41, 5.74) is 2.56. The summed E-state index contributed by atoms with van der Waals surface area (Å²) in [6.07, 6.45) is 3.78. The van der Waals surface area contributed by atoms with Gasteiger partial charge in [-0.05, 0) is 80.9 Å². The monoisotopic (exact) mass is 383 g/mol. The molecule has 0 aliphatic carbocycles. The number of ether oxygens (including phenoxy) is 1. The highest BCUT2D eigenvalue weighted by Crippen LogP contribution is 2.25. The predicted molar refractivity (Wildman–Crippen MR) is 114 cm³/mol. The minimum atomic E-state index is -0.273. The van der Waals surface area contributed by atoms with Crippen molar-refractivity contribution in [2.75, 3.05) is 23.9 Å². The van der Waals surface area contributed by atoms with Crippen molar-refractivity contribution in [1.29, 1.82) is 0 Å². The molecule has 3 rings (SSSR count). The van der Waals surface area contributed by atoms with E-state index in [1.807, 2.05) is 12.1 Å². The van der Waals surface area contributed by atoms with Crippen LogP contribution in [0.1, 0.15) is 36.5 Å². The summed E-state index contributed by atoms with van der Waals surface area (Å²) in [5, 5.41) is 6.02. The molecule has 0 bridgehead atoms. The molecule has 1 amide bonds. The molecule has 1 aliphatic rings. The Hall–Kier alpha value is -2.60. The van der Waals surface area contributed by atoms with E-state index < -0.39 is 0 Å². The molecule has 2 aromatic rings. The Kier molecular flexibility index (Phi) is 6.29. The molecule has 2 N–H and O–H groups in total. The maximum Gasteiger partial charge on any atom is 0.257 e. The van der Waals surface area contributed by atoms with Gasteiger partial charge in [0.2, 0.25) is 0 Å². The van der Waals surface area contributed by atoms with Crippen LogP contribution in [0.3, 0.4) is 0 Å². The topological polar surface area (TPSA) is 53.6 Å². The number of carbonyl (C=O) groups excluding carboxylic acids is 1. The van der Waals surface area contributed by atoms with Gasteiger partial charge in [-0.3, -0.25) is 10.1 Å². The molecule has 0 aromatic heterocycles. The van der Waals surface area contributed by atoms with Crippen LogP contribution in [0.4, 0.5) is 11.4 Å². The van der Waals surface area contributed by atoms with Gasteiger partial charge < -0.3 is 15.0 Å². The second kappa shape index (κ2) is 8.86. The first kappa shape index (κ1) is 19.2. The number of nitrogens with zero attached hydrogens (tertiary/aromatic N) is 1. The van der Waals surface area contributed by atoms with Crippen molar-refractivity contribution < 1.29 is 9.53 Å². The zero-order valence-corrected chi connectivity index (χ0v) is 16.5. The minimum Gasteiger partial charge on any atom is -0.497 e. The number of nitrogens with one attached hydrogen (secondary N) is 2. The van der Waals surface area contributed by atoms with E-state index in [0.717, 1.165) is 12.2 Å². The molecule has 1 atom stereocenters. The molecule has 5 nitrogen and oxygen atoms in total. The summed E-state index contributed by atoms with van der Waals surface area (Å²) >= 11 is 5.27. The van der Waals surface area contributed by atoms with Crippen LogP contribution in [0.15, 0.2) is 48.5 Å². The smallest absolute Gasteiger partial charge is 0.257 e. The fourth-order valence-corrected chi connectivity index (χ4v) is 3.53. The Bertz CT molecular complexity index is 807. The fourth-order valence-electron chi connectivity index (χ4n) is 3.32. The molecule has 2 aromatic carbocycles. The van der Waals surface area contributed by atoms with Gasteiger partial charge in [-0.2, -0.15) is 0 Å². The lowest BCUT2D eigenvalue weighted by Gasteiger charge is -2.35. The van der Waals surface area contributed by atoms with Gasteiger partial charge >= 0.3 is 0 Å². The summed E-state index contributed by atoms with van der Waals surface area (Å²) in [6.45, 7) is 3.37. The van der Waals surface area contributed by atoms with Gasteiger partial charge in [0.15, 0.2) is 5.11 Å². The van der Waals surface area contributed by atoms with Gasteiger partial charge in [-0.1, -0.05) is 6.07 Å². The first-order valence-electron chi connectivity index (χ1n) is 9.20. The molecule has 0 saturated carbocycles. The summed E-state index contributed by atoms with van der Waals surface area (Å²) in [7, 11) is 1.57. The van der Waals surface area contributed by atoms with Gasteiger partial charge in [-0.15, -0.1) is 0 Å². The summed E-state index contributed by atoms with van der Waals surface area (Å²) < 4.78 is 5.14. The van der Waals surface area contributed by atoms with E-state index in [4.69, 9.17) is 17.0 Å². The molecule has 0 spiro atoms. The number of carbonyl (C=O) groups is 1. The Morgan fingerprint density at radius 1 is 1.19 bits per heavy atom. The first-order valence-corrected chi connectivity index (χ1v) is 9.61. The minimum absolute atomic E-state index is 0.266. The van der Waals surface area contributed by atoms with Crippen LogP contribution in [0.2, 0.25) is 0 Å². The summed E-state index contributed by atoms with van der Waals surface area (Å²) in [5.74, 6) is 0.356. The van der Waals surface area contributed by atoms with Gasteiger partial charge in [0, 0.05) is 29.5 Å². The third-order valence-corrected chi connectivity index (χ3v) is 5.02. The van der Waals surface area contributed by atoms with Gasteiger partial charge in [0.05, 0.1) is 7.11 Å². The Balaban J connectivity index is 1.58. The standard InChI is InChI=1S/C21H25N3O2S/c1-15-6-3-4-13-24(15)18-11-9-17(10-12-18)22-21(27)23-20(25)16-7-5-8-19(14-16)26-2/h5,7-12,14-15H,3-4,6,13H2,1-2H3,(H2,22,23,25,27)/t15-/m1/s1. The van der Waals surface area contributed by atoms with E-state index in [1.165, 1.54) is 24.9 Å². The van der Waals surface area contributed by atoms with Gasteiger partial charge in [0.25, 0.3) is 5.91 Å². The normalized spacial score (nSPS) is 16.5. The van der Waals surface area contributed by atoms with Crippen molar-refractivity contribution >= 4 is 34.6 Å². The molecule has 142 valence electrons. The molecular weight excluding hydrogens is 358 g/mol. The SMILES string of the molecule is COc1cccc(C(=O)NC(=S)Nc2ccc(N3CCCC[C@H]3C)cc2)c1. The van der Waals surface area contributed by atoms with Crippen molar-refractivity contribution in [2.45, 2.75) is 32.2 Å². The van der Waals surface area contributed by atoms with E-state index in [9.17, 15) is 4.79 Å². The number of rotatable bonds is 4. The molecule has 1 aliphatic heterocycles. The highest BCUT2D eigenvalue weighted by Gasteiger charge is 2.18. The molecule has 1 heterocycles. The van der Waals surface area contributed by atoms with E-state index in [2.05, 4.69) is 34.6 Å². The zero-order valence-electron chi connectivity index (χ0n) is 15.7. The van der Waals surface area contributed by atoms with E-state index in [1.54, 1.807) is 31.4 Å². The van der Waals surface area contributed by atoms with Crippen LogP contribution < -0.4 is 20.3 Å². The second-order valence-electron chi connectivity index (χ2n) is 6.73. The predicted octanol–water partition coefficient (Wildman–Crippen LogP) is 4.20. The van der Waals surface area contributed by atoms with Crippen LogP contribution in [-0.4, -0.2) is 30.7 Å². The molecule has 6 heteroatoms. The highest BCUT2D eigenvalue weighted by molar-refractivity contribution is 7.80. The van der Waals surface area contributed by atoms with Crippen molar-refractivity contribution in [2.24, 2.45) is 0 Å². The Labute approximate surface area is 165 Å². The average Bonchev–Trinajstić information content (AvgIpc) is 2.69. The zero-order chi connectivity index (χ0) is 19.2. The molecule has 0 unspecified atom stereocenters. The lowest BCUT2D eigenvalue weighted by molar-refractivity contribution is 0.0977. The van der Waals surface area contributed by atoms with Crippen LogP contribution in [0.25, 0.3) is 0 Å². The van der Waals surface area contributed by atoms with Gasteiger partial charge in [0.1, 0.15) is 5.75 Å². The summed E-state index contributed by atoms with van der Waals surface area (Å²) in [4.78, 5) is 14.7. The third-order valence-electron chi connectivity index (χ3n) is 4.82. The third kappa shape index (κ3) is 4.98. The van der Waals surface area contributed by atoms with Crippen LogP contribution in [0.5, 0.6) is 5.75 Å². The van der Waals surface area contributed by atoms with Crippen LogP contribution in [0, 0.1) is 0 Å². The maximum atomic E-state index is 12.3. The second-order valence-corrected chi connectivity index (χ2v) is 7.13. The quantitative estimate of drug-likeness (QED) is 0.775. The van der Waals surface area contributed by atoms with Crippen molar-refractivity contribution in [3.05, 3.63) is 54.1 Å². The number of piperidine rings is 1. The summed E-state index contributed by atoms with van der Waals surface area (Å²) in [6, 6.07) is 15.7. The number of hydrogen-bond acceptors (Lipinski definition) is 4. The average molecular weight is 384 g/mol. The van der Waals surface area contributed by atoms with E-state index >= 15 is 0 Å². The number of amides is 1. The van der Waals surface area contributed by atoms with Crippen molar-refractivity contribution in [1.82, 2.24) is 5.32 Å². The molecule has 1 saturated heterocycles. The number of benzene rings is 2. The first-order chi connectivity index (χ1) is 13.1. The lowest BCUT2D eigenvalue weighted by atomic mass is 10.0. The lowest BCUT2D eigenvalue weighted by Crippen LogP contribution is -2.37. The number of methoxy groups -OCH3 is 1. The number of anilines is 2. The highest BCUT2D eigenvalue weighted by atomic mass is 32.1. The van der Waals surface area contributed by atoms with E-state index in [-0.39, 0.29) is 11.0 Å². The van der Waals surface area contributed by atoms with Crippen molar-refractivity contribution in [3.8, 4) is 5.75 Å². The molecule has 0 radical (unpaired) electrons. The Morgan fingerprint density at radius 3 is 2.67 bits per heavy atom.